The number of hydrogen-bond donors (Lipinski definition) is 6. The number of anilines is 1. The average Bonchev–Trinajstić information content (AvgIpc) is 3.19. The fraction of sp³-hybridized carbons (Fsp3) is 0.465. The molecule has 7 N–H and O–H groups in total. The molecule has 12 nitrogen and oxygen atoms in total. The summed E-state index contributed by atoms with van der Waals surface area (Å²) in [6, 6.07) is 22.1. The van der Waals surface area contributed by atoms with Gasteiger partial charge in [0.25, 0.3) is 0 Å². The summed E-state index contributed by atoms with van der Waals surface area (Å²) in [7, 11) is 1.80. The second-order valence-corrected chi connectivity index (χ2v) is 15.3. The van der Waals surface area contributed by atoms with Gasteiger partial charge in [0.15, 0.2) is 0 Å². The lowest BCUT2D eigenvalue weighted by Gasteiger charge is -2.35. The van der Waals surface area contributed by atoms with Crippen LogP contribution in [-0.2, 0) is 16.0 Å². The number of aromatic amines is 1. The van der Waals surface area contributed by atoms with Crippen molar-refractivity contribution in [2.24, 2.45) is 11.7 Å². The Bertz CT molecular complexity index is 1970. The molecule has 0 spiro atoms. The Morgan fingerprint density at radius 1 is 0.947 bits per heavy atom. The summed E-state index contributed by atoms with van der Waals surface area (Å²) in [4.78, 5) is 43.3. The standard InChI is InChI=1S/C43H55N5O7.2ClH/c1-47(23-5-6-28-11-18-34(30-7-3-2-4-8-30)37(24-28)48(43(53)54)32-14-12-31(44)13-15-32)41(52)27-55-33-16-9-29(10-17-33)25-45-26-39(50)35-19-21-38(49)42-36(35)20-22-40(51)46-42;;/h2-4,7-8,11,18-22,24,29,31-33,39,45,49-50H,5-6,9-10,12-17,23,25-27,44H2,1H3,(H,46,51)(H,53,54);2*1H/t29-,31?,32?,33-,39-;;/m0../s1. The van der Waals surface area contributed by atoms with E-state index in [0.29, 0.717) is 47.6 Å². The number of benzene rings is 3. The van der Waals surface area contributed by atoms with Crippen molar-refractivity contribution in [3.63, 3.8) is 0 Å². The van der Waals surface area contributed by atoms with Gasteiger partial charge in [-0.25, -0.2) is 4.79 Å². The smallest absolute Gasteiger partial charge is 0.412 e. The average molecular weight is 827 g/mol. The number of rotatable bonds is 15. The van der Waals surface area contributed by atoms with E-state index < -0.39 is 12.2 Å². The summed E-state index contributed by atoms with van der Waals surface area (Å²) < 4.78 is 6.06. The van der Waals surface area contributed by atoms with Crippen molar-refractivity contribution in [3.8, 4) is 16.9 Å². The lowest BCUT2D eigenvalue weighted by atomic mass is 9.87. The van der Waals surface area contributed by atoms with Gasteiger partial charge in [-0.05, 0) is 112 Å². The summed E-state index contributed by atoms with van der Waals surface area (Å²) in [6.07, 6.45) is 6.42. The molecule has 6 rings (SSSR count). The number of aromatic hydroxyl groups is 1. The SMILES string of the molecule is CN(CCCc1ccc(-c2ccccc2)c(N(C(=O)O)C2CCC(N)CC2)c1)C(=O)CO[C@H]1CC[C@H](CNC[C@H](O)c2ccc(O)c3[nH]c(=O)ccc23)CC1.Cl.Cl. The summed E-state index contributed by atoms with van der Waals surface area (Å²) >= 11 is 0. The van der Waals surface area contributed by atoms with Crippen molar-refractivity contribution in [2.75, 3.05) is 38.2 Å². The highest BCUT2D eigenvalue weighted by Gasteiger charge is 2.31. The highest BCUT2D eigenvalue weighted by Crippen LogP contribution is 2.37. The van der Waals surface area contributed by atoms with Crippen molar-refractivity contribution in [2.45, 2.75) is 88.5 Å². The van der Waals surface area contributed by atoms with Gasteiger partial charge in [0, 0.05) is 49.2 Å². The number of nitrogens with one attached hydrogen (secondary N) is 2. The van der Waals surface area contributed by atoms with Crippen molar-refractivity contribution in [1.29, 1.82) is 0 Å². The molecular formula is C43H57Cl2N5O7. The van der Waals surface area contributed by atoms with E-state index >= 15 is 0 Å². The zero-order valence-electron chi connectivity index (χ0n) is 32.5. The van der Waals surface area contributed by atoms with Crippen molar-refractivity contribution >= 4 is 53.4 Å². The van der Waals surface area contributed by atoms with Crippen molar-refractivity contribution in [1.82, 2.24) is 15.2 Å². The van der Waals surface area contributed by atoms with Crippen LogP contribution in [0.25, 0.3) is 22.0 Å². The van der Waals surface area contributed by atoms with Crippen LogP contribution in [0.5, 0.6) is 5.75 Å². The van der Waals surface area contributed by atoms with Crippen molar-refractivity contribution < 1.29 is 29.6 Å². The zero-order valence-corrected chi connectivity index (χ0v) is 34.1. The first-order valence-corrected chi connectivity index (χ1v) is 19.6. The van der Waals surface area contributed by atoms with Gasteiger partial charge in [0.05, 0.1) is 23.4 Å². The number of aliphatic hydroxyl groups is 1. The predicted octanol–water partition coefficient (Wildman–Crippen LogP) is 6.79. The molecule has 0 aliphatic heterocycles. The molecule has 310 valence electrons. The Morgan fingerprint density at radius 2 is 1.67 bits per heavy atom. The number of aliphatic hydroxyl groups excluding tert-OH is 1. The second kappa shape index (κ2) is 21.5. The number of hydrogen-bond acceptors (Lipinski definition) is 8. The monoisotopic (exact) mass is 825 g/mol. The van der Waals surface area contributed by atoms with E-state index in [0.717, 1.165) is 81.0 Å². The molecule has 2 amide bonds. The second-order valence-electron chi connectivity index (χ2n) is 15.3. The first kappa shape index (κ1) is 45.5. The van der Waals surface area contributed by atoms with E-state index in [-0.39, 0.29) is 66.8 Å². The lowest BCUT2D eigenvalue weighted by Crippen LogP contribution is -2.44. The molecule has 1 atom stereocenters. The molecule has 57 heavy (non-hydrogen) atoms. The van der Waals surface area contributed by atoms with E-state index in [1.165, 1.54) is 12.1 Å². The van der Waals surface area contributed by atoms with E-state index in [2.05, 4.69) is 16.4 Å². The maximum atomic E-state index is 13.0. The van der Waals surface area contributed by atoms with Crippen LogP contribution in [0, 0.1) is 5.92 Å². The van der Waals surface area contributed by atoms with Gasteiger partial charge in [-0.1, -0.05) is 48.5 Å². The summed E-state index contributed by atoms with van der Waals surface area (Å²) in [5, 5.41) is 35.4. The molecule has 3 aromatic carbocycles. The molecule has 2 aliphatic carbocycles. The van der Waals surface area contributed by atoms with Crippen LogP contribution < -0.4 is 21.5 Å². The number of carbonyl (C=O) groups is 2. The number of amides is 2. The number of carbonyl (C=O) groups excluding carboxylic acids is 1. The summed E-state index contributed by atoms with van der Waals surface area (Å²) in [5.74, 6) is 0.341. The molecule has 2 saturated carbocycles. The number of carboxylic acid groups (broad SMARTS) is 1. The summed E-state index contributed by atoms with van der Waals surface area (Å²) in [6.45, 7) is 1.69. The molecule has 1 heterocycles. The number of likely N-dealkylation sites (N-methyl/N-ethyl adjacent to an activating group) is 1. The molecule has 4 aromatic rings. The van der Waals surface area contributed by atoms with Gasteiger partial charge < -0.3 is 41.0 Å². The largest absolute Gasteiger partial charge is 0.506 e. The van der Waals surface area contributed by atoms with Gasteiger partial charge in [-0.15, -0.1) is 24.8 Å². The molecule has 0 unspecified atom stereocenters. The lowest BCUT2D eigenvalue weighted by molar-refractivity contribution is -0.137. The molecule has 0 saturated heterocycles. The zero-order chi connectivity index (χ0) is 38.9. The fourth-order valence-electron chi connectivity index (χ4n) is 8.14. The van der Waals surface area contributed by atoms with Gasteiger partial charge in [-0.2, -0.15) is 0 Å². The number of nitrogens with two attached hydrogens (primary N) is 1. The van der Waals surface area contributed by atoms with Crippen LogP contribution in [0.3, 0.4) is 0 Å². The highest BCUT2D eigenvalue weighted by molar-refractivity contribution is 5.94. The van der Waals surface area contributed by atoms with E-state index in [1.807, 2.05) is 42.5 Å². The van der Waals surface area contributed by atoms with Crippen LogP contribution in [0.1, 0.15) is 75.0 Å². The number of aromatic nitrogens is 1. The first-order chi connectivity index (χ1) is 26.6. The van der Waals surface area contributed by atoms with Gasteiger partial charge in [-0.3, -0.25) is 14.5 Å². The van der Waals surface area contributed by atoms with Gasteiger partial charge in [0.2, 0.25) is 11.5 Å². The first-order valence-electron chi connectivity index (χ1n) is 19.6. The van der Waals surface area contributed by atoms with Crippen LogP contribution in [0.2, 0.25) is 0 Å². The quantitative estimate of drug-likeness (QED) is 0.0753. The Morgan fingerprint density at radius 3 is 2.37 bits per heavy atom. The molecule has 2 fully saturated rings. The maximum Gasteiger partial charge on any atom is 0.412 e. The number of ether oxygens (including phenoxy) is 1. The van der Waals surface area contributed by atoms with E-state index in [9.17, 15) is 29.7 Å². The van der Waals surface area contributed by atoms with E-state index in [1.54, 1.807) is 29.0 Å². The molecule has 0 bridgehead atoms. The predicted molar refractivity (Wildman–Crippen MR) is 229 cm³/mol. The van der Waals surface area contributed by atoms with Gasteiger partial charge in [0.1, 0.15) is 12.4 Å². The normalized spacial score (nSPS) is 19.8. The molecular weight excluding hydrogens is 769 g/mol. The Balaban J connectivity index is 0.00000360. The minimum absolute atomic E-state index is 0. The number of pyridine rings is 1. The Labute approximate surface area is 346 Å². The number of fused-ring (bicyclic) bond motifs is 1. The van der Waals surface area contributed by atoms with E-state index in [4.69, 9.17) is 10.5 Å². The maximum absolute atomic E-state index is 13.0. The minimum atomic E-state index is -0.956. The number of aryl methyl sites for hydroxylation is 1. The third-order valence-corrected chi connectivity index (χ3v) is 11.4. The Hall–Kier alpha value is -4.17. The molecule has 0 radical (unpaired) electrons. The van der Waals surface area contributed by atoms with Gasteiger partial charge >= 0.3 is 6.09 Å². The number of halogens is 2. The molecule has 1 aromatic heterocycles. The van der Waals surface area contributed by atoms with Crippen LogP contribution >= 0.6 is 24.8 Å². The number of nitrogens with zero attached hydrogens (tertiary/aromatic N) is 2. The fourth-order valence-corrected chi connectivity index (χ4v) is 8.14. The molecule has 2 aliphatic rings. The number of phenolic OH excluding ortho intramolecular Hbond substituents is 1. The number of phenols is 1. The third-order valence-electron chi connectivity index (χ3n) is 11.4. The highest BCUT2D eigenvalue weighted by atomic mass is 35.5. The minimum Gasteiger partial charge on any atom is -0.506 e. The summed E-state index contributed by atoms with van der Waals surface area (Å²) in [5.41, 5.74) is 10.4. The third kappa shape index (κ3) is 11.9. The van der Waals surface area contributed by atoms with Crippen molar-refractivity contribution in [3.05, 3.63) is 94.3 Å². The van der Waals surface area contributed by atoms with Crippen LogP contribution in [-0.4, -0.2) is 88.7 Å². The number of H-pyrrole nitrogens is 1. The van der Waals surface area contributed by atoms with Crippen LogP contribution in [0.15, 0.2) is 77.6 Å². The molecule has 14 heteroatoms. The topological polar surface area (TPSA) is 181 Å². The Kier molecular flexibility index (Phi) is 17.2. The van der Waals surface area contributed by atoms with Crippen LogP contribution in [0.4, 0.5) is 10.5 Å².